The molecule has 0 radical (unpaired) electrons. The van der Waals surface area contributed by atoms with E-state index in [-0.39, 0.29) is 24.0 Å². The summed E-state index contributed by atoms with van der Waals surface area (Å²) in [5.74, 6) is 0.839. The lowest BCUT2D eigenvalue weighted by molar-refractivity contribution is 0.134. The molecule has 2 rings (SSSR count). The van der Waals surface area contributed by atoms with Gasteiger partial charge in [0.15, 0.2) is 5.96 Å². The Labute approximate surface area is 174 Å². The van der Waals surface area contributed by atoms with E-state index in [4.69, 9.17) is 4.74 Å². The maximum Gasteiger partial charge on any atom is 0.191 e. The zero-order valence-corrected chi connectivity index (χ0v) is 18.0. The summed E-state index contributed by atoms with van der Waals surface area (Å²) in [6.07, 6.45) is 2.16. The Morgan fingerprint density at radius 3 is 2.27 bits per heavy atom. The van der Waals surface area contributed by atoms with Crippen molar-refractivity contribution in [3.05, 3.63) is 71.3 Å². The highest BCUT2D eigenvalue weighted by atomic mass is 127. The lowest BCUT2D eigenvalue weighted by atomic mass is 10.1. The summed E-state index contributed by atoms with van der Waals surface area (Å²) in [6, 6.07) is 19.0. The Bertz CT molecular complexity index is 629. The first kappa shape index (κ1) is 22.4. The second kappa shape index (κ2) is 13.6. The molecule has 5 heteroatoms. The first-order chi connectivity index (χ1) is 12.3. The molecule has 0 aromatic heterocycles. The third-order valence-corrected chi connectivity index (χ3v) is 3.96. The highest BCUT2D eigenvalue weighted by Crippen LogP contribution is 2.06. The van der Waals surface area contributed by atoms with Gasteiger partial charge in [-0.05, 0) is 36.5 Å². The molecule has 2 N–H and O–H groups in total. The van der Waals surface area contributed by atoms with E-state index in [1.54, 1.807) is 7.05 Å². The largest absolute Gasteiger partial charge is 0.377 e. The number of halogens is 1. The van der Waals surface area contributed by atoms with Crippen LogP contribution in [0.15, 0.2) is 59.6 Å². The average Bonchev–Trinajstić information content (AvgIpc) is 2.67. The molecule has 0 atom stereocenters. The van der Waals surface area contributed by atoms with Crippen LogP contribution in [0.2, 0.25) is 0 Å². The minimum Gasteiger partial charge on any atom is -0.377 e. The number of aliphatic imine (C=N–C) groups is 1. The van der Waals surface area contributed by atoms with Crippen LogP contribution in [-0.2, 0) is 24.3 Å². The topological polar surface area (TPSA) is 45.6 Å². The molecule has 0 heterocycles. The molecule has 0 saturated heterocycles. The van der Waals surface area contributed by atoms with Crippen LogP contribution in [-0.4, -0.2) is 26.2 Å². The molecule has 0 amide bonds. The summed E-state index contributed by atoms with van der Waals surface area (Å²) in [6.45, 7) is 5.09. The van der Waals surface area contributed by atoms with Crippen LogP contribution < -0.4 is 10.6 Å². The first-order valence-electron chi connectivity index (χ1n) is 8.96. The standard InChI is InChI=1S/C21H29N3O.HI/c1-3-25-17-20-13-11-19(12-14-20)16-24-21(22-2)23-15-7-10-18-8-5-4-6-9-18;/h4-6,8-9,11-14H,3,7,10,15-17H2,1-2H3,(H2,22,23,24);1H. The predicted octanol–water partition coefficient (Wildman–Crippen LogP) is 4.14. The van der Waals surface area contributed by atoms with Crippen LogP contribution >= 0.6 is 24.0 Å². The third kappa shape index (κ3) is 8.67. The number of aryl methyl sites for hydroxylation is 1. The molecule has 0 unspecified atom stereocenters. The van der Waals surface area contributed by atoms with E-state index in [0.29, 0.717) is 6.61 Å². The maximum absolute atomic E-state index is 5.42. The van der Waals surface area contributed by atoms with E-state index >= 15 is 0 Å². The molecule has 0 bridgehead atoms. The number of guanidine groups is 1. The minimum atomic E-state index is 0. The molecule has 4 nitrogen and oxygen atoms in total. The fourth-order valence-corrected chi connectivity index (χ4v) is 2.52. The summed E-state index contributed by atoms with van der Waals surface area (Å²) in [5, 5.41) is 6.72. The van der Waals surface area contributed by atoms with Gasteiger partial charge >= 0.3 is 0 Å². The van der Waals surface area contributed by atoms with Gasteiger partial charge in [-0.2, -0.15) is 0 Å². The second-order valence-corrected chi connectivity index (χ2v) is 5.90. The fourth-order valence-electron chi connectivity index (χ4n) is 2.52. The molecule has 0 saturated carbocycles. The Hall–Kier alpha value is -1.60. The van der Waals surface area contributed by atoms with Crippen LogP contribution in [0.1, 0.15) is 30.0 Å². The molecule has 0 aliphatic heterocycles. The zero-order valence-electron chi connectivity index (χ0n) is 15.7. The highest BCUT2D eigenvalue weighted by Gasteiger charge is 1.99. The van der Waals surface area contributed by atoms with Gasteiger partial charge in [0.1, 0.15) is 0 Å². The molecule has 0 aliphatic carbocycles. The zero-order chi connectivity index (χ0) is 17.7. The SMILES string of the molecule is CCOCc1ccc(CNC(=NC)NCCCc2ccccc2)cc1.I. The van der Waals surface area contributed by atoms with E-state index in [1.165, 1.54) is 16.7 Å². The molecule has 0 aliphatic rings. The van der Waals surface area contributed by atoms with Crippen LogP contribution in [0.25, 0.3) is 0 Å². The molecule has 0 spiro atoms. The predicted molar refractivity (Wildman–Crippen MR) is 120 cm³/mol. The van der Waals surface area contributed by atoms with Crippen molar-refractivity contribution in [2.24, 2.45) is 4.99 Å². The van der Waals surface area contributed by atoms with Crippen molar-refractivity contribution >= 4 is 29.9 Å². The van der Waals surface area contributed by atoms with Gasteiger partial charge < -0.3 is 15.4 Å². The second-order valence-electron chi connectivity index (χ2n) is 5.90. The first-order valence-corrected chi connectivity index (χ1v) is 8.96. The van der Waals surface area contributed by atoms with Crippen molar-refractivity contribution in [1.29, 1.82) is 0 Å². The number of rotatable bonds is 9. The van der Waals surface area contributed by atoms with Crippen molar-refractivity contribution in [3.8, 4) is 0 Å². The van der Waals surface area contributed by atoms with Crippen molar-refractivity contribution in [2.45, 2.75) is 32.9 Å². The lowest BCUT2D eigenvalue weighted by Gasteiger charge is -2.12. The lowest BCUT2D eigenvalue weighted by Crippen LogP contribution is -2.37. The number of hydrogen-bond acceptors (Lipinski definition) is 2. The smallest absolute Gasteiger partial charge is 0.191 e. The van der Waals surface area contributed by atoms with E-state index in [0.717, 1.165) is 38.5 Å². The number of benzene rings is 2. The van der Waals surface area contributed by atoms with Gasteiger partial charge in [-0.3, -0.25) is 4.99 Å². The normalized spacial score (nSPS) is 10.9. The van der Waals surface area contributed by atoms with E-state index < -0.39 is 0 Å². The van der Waals surface area contributed by atoms with Gasteiger partial charge in [0.25, 0.3) is 0 Å². The van der Waals surface area contributed by atoms with Gasteiger partial charge in [-0.25, -0.2) is 0 Å². The van der Waals surface area contributed by atoms with Gasteiger partial charge in [0.05, 0.1) is 6.61 Å². The van der Waals surface area contributed by atoms with Gasteiger partial charge in [0, 0.05) is 26.7 Å². The average molecular weight is 467 g/mol. The van der Waals surface area contributed by atoms with Gasteiger partial charge in [-0.15, -0.1) is 24.0 Å². The summed E-state index contributed by atoms with van der Waals surface area (Å²) in [4.78, 5) is 4.28. The van der Waals surface area contributed by atoms with Gasteiger partial charge in [0.2, 0.25) is 0 Å². The summed E-state index contributed by atoms with van der Waals surface area (Å²) in [5.41, 5.74) is 3.81. The number of nitrogens with zero attached hydrogens (tertiary/aromatic N) is 1. The van der Waals surface area contributed by atoms with Gasteiger partial charge in [-0.1, -0.05) is 54.6 Å². The minimum absolute atomic E-state index is 0. The Kier molecular flexibility index (Phi) is 11.7. The summed E-state index contributed by atoms with van der Waals surface area (Å²) >= 11 is 0. The molecule has 142 valence electrons. The van der Waals surface area contributed by atoms with E-state index in [2.05, 4.69) is 70.2 Å². The summed E-state index contributed by atoms with van der Waals surface area (Å²) in [7, 11) is 1.80. The molecular weight excluding hydrogens is 437 g/mol. The maximum atomic E-state index is 5.42. The highest BCUT2D eigenvalue weighted by molar-refractivity contribution is 14.0. The quantitative estimate of drug-likeness (QED) is 0.252. The molecular formula is C21H30IN3O. The Balaban J connectivity index is 0.00000338. The van der Waals surface area contributed by atoms with Crippen LogP contribution in [0, 0.1) is 0 Å². The number of nitrogens with one attached hydrogen (secondary N) is 2. The summed E-state index contributed by atoms with van der Waals surface area (Å²) < 4.78 is 5.42. The Morgan fingerprint density at radius 2 is 1.62 bits per heavy atom. The molecule has 2 aromatic carbocycles. The van der Waals surface area contributed by atoms with Crippen molar-refractivity contribution < 1.29 is 4.74 Å². The Morgan fingerprint density at radius 1 is 0.923 bits per heavy atom. The molecule has 2 aromatic rings. The van der Waals surface area contributed by atoms with Crippen LogP contribution in [0.4, 0.5) is 0 Å². The van der Waals surface area contributed by atoms with Crippen molar-refractivity contribution in [1.82, 2.24) is 10.6 Å². The van der Waals surface area contributed by atoms with Crippen molar-refractivity contribution in [3.63, 3.8) is 0 Å². The fraction of sp³-hybridized carbons (Fsp3) is 0.381. The molecule has 0 fully saturated rings. The molecule has 26 heavy (non-hydrogen) atoms. The monoisotopic (exact) mass is 467 g/mol. The van der Waals surface area contributed by atoms with Crippen LogP contribution in [0.3, 0.4) is 0 Å². The van der Waals surface area contributed by atoms with Crippen molar-refractivity contribution in [2.75, 3.05) is 20.2 Å². The number of ether oxygens (including phenoxy) is 1. The third-order valence-electron chi connectivity index (χ3n) is 3.96. The van der Waals surface area contributed by atoms with Crippen LogP contribution in [0.5, 0.6) is 0 Å². The van der Waals surface area contributed by atoms with E-state index in [9.17, 15) is 0 Å². The van der Waals surface area contributed by atoms with E-state index in [1.807, 2.05) is 6.92 Å². The number of hydrogen-bond donors (Lipinski definition) is 2.